The van der Waals surface area contributed by atoms with E-state index in [2.05, 4.69) is 10.3 Å². The molecule has 0 aliphatic rings. The number of carbonyl (C=O) groups excluding carboxylic acids is 1. The summed E-state index contributed by atoms with van der Waals surface area (Å²) in [6.45, 7) is 0. The minimum Gasteiger partial charge on any atom is -0.421 e. The van der Waals surface area contributed by atoms with E-state index in [-0.39, 0.29) is 26.9 Å². The lowest BCUT2D eigenvalue weighted by atomic mass is 10.2. The van der Waals surface area contributed by atoms with Gasteiger partial charge in [-0.25, -0.2) is 9.18 Å². The smallest absolute Gasteiger partial charge is 0.362 e. The van der Waals surface area contributed by atoms with Gasteiger partial charge in [0.05, 0.1) is 16.5 Å². The van der Waals surface area contributed by atoms with Crippen LogP contribution in [0.25, 0.3) is 10.9 Å². The maximum Gasteiger partial charge on any atom is 0.362 e. The molecule has 0 saturated carbocycles. The van der Waals surface area contributed by atoms with Gasteiger partial charge in [-0.1, -0.05) is 16.9 Å². The normalized spacial score (nSPS) is 10.7. The average Bonchev–Trinajstić information content (AvgIpc) is 2.54. The van der Waals surface area contributed by atoms with Crippen LogP contribution in [0, 0.1) is 5.82 Å². The van der Waals surface area contributed by atoms with E-state index in [9.17, 15) is 24.0 Å². The fourth-order valence-corrected chi connectivity index (χ4v) is 2.13. The largest absolute Gasteiger partial charge is 0.421 e. The van der Waals surface area contributed by atoms with E-state index in [4.69, 9.17) is 0 Å². The number of aromatic amines is 1. The predicted octanol–water partition coefficient (Wildman–Crippen LogP) is 1.32. The number of carbonyl (C=O) groups is 1. The summed E-state index contributed by atoms with van der Waals surface area (Å²) in [5.74, 6) is -1.36. The third-order valence-electron chi connectivity index (χ3n) is 3.25. The van der Waals surface area contributed by atoms with Crippen molar-refractivity contribution in [2.24, 2.45) is 0 Å². The summed E-state index contributed by atoms with van der Waals surface area (Å²) in [4.78, 5) is 37.5. The molecule has 8 heteroatoms. The molecule has 0 atom stereocenters. The summed E-state index contributed by atoms with van der Waals surface area (Å²) in [6, 6.07) is 9.58. The molecule has 3 N–H and O–H groups in total. The molecule has 1 amide bonds. The summed E-state index contributed by atoms with van der Waals surface area (Å²) in [7, 11) is 0. The zero-order valence-corrected chi connectivity index (χ0v) is 11.5. The minimum atomic E-state index is -0.967. The zero-order chi connectivity index (χ0) is 16.6. The van der Waals surface area contributed by atoms with Crippen molar-refractivity contribution in [3.05, 3.63) is 74.7 Å². The van der Waals surface area contributed by atoms with Crippen molar-refractivity contribution in [3.63, 3.8) is 0 Å². The SMILES string of the molecule is O=C(Nc1ccc2[nH]c(=O)n(O)c(=O)c2c1)c1ccccc1F. The second-order valence-corrected chi connectivity index (χ2v) is 4.74. The minimum absolute atomic E-state index is 0.00145. The van der Waals surface area contributed by atoms with Gasteiger partial charge in [0.25, 0.3) is 11.5 Å². The van der Waals surface area contributed by atoms with E-state index in [0.29, 0.717) is 0 Å². The Morgan fingerprint density at radius 2 is 1.91 bits per heavy atom. The zero-order valence-electron chi connectivity index (χ0n) is 11.5. The molecule has 3 rings (SSSR count). The van der Waals surface area contributed by atoms with Crippen molar-refractivity contribution in [1.29, 1.82) is 0 Å². The quantitative estimate of drug-likeness (QED) is 0.620. The monoisotopic (exact) mass is 315 g/mol. The van der Waals surface area contributed by atoms with Crippen LogP contribution in [0.3, 0.4) is 0 Å². The maximum absolute atomic E-state index is 13.6. The van der Waals surface area contributed by atoms with Crippen molar-refractivity contribution in [1.82, 2.24) is 9.71 Å². The van der Waals surface area contributed by atoms with Crippen molar-refractivity contribution < 1.29 is 14.4 Å². The molecule has 2 aromatic carbocycles. The summed E-state index contributed by atoms with van der Waals surface area (Å²) in [5.41, 5.74) is -1.62. The van der Waals surface area contributed by atoms with E-state index in [1.807, 2.05) is 0 Å². The van der Waals surface area contributed by atoms with Gasteiger partial charge < -0.3 is 15.5 Å². The highest BCUT2D eigenvalue weighted by molar-refractivity contribution is 6.05. The van der Waals surface area contributed by atoms with Gasteiger partial charge in [-0.2, -0.15) is 0 Å². The number of nitrogens with one attached hydrogen (secondary N) is 2. The molecule has 0 fully saturated rings. The van der Waals surface area contributed by atoms with Crippen LogP contribution in [0.5, 0.6) is 0 Å². The first-order valence-electron chi connectivity index (χ1n) is 6.51. The number of benzene rings is 2. The Labute approximate surface area is 127 Å². The maximum atomic E-state index is 13.6. The Balaban J connectivity index is 2.02. The molecule has 0 unspecified atom stereocenters. The molecular weight excluding hydrogens is 305 g/mol. The van der Waals surface area contributed by atoms with Crippen LogP contribution in [-0.2, 0) is 0 Å². The van der Waals surface area contributed by atoms with Crippen LogP contribution in [-0.4, -0.2) is 20.8 Å². The summed E-state index contributed by atoms with van der Waals surface area (Å²) < 4.78 is 13.5. The summed E-state index contributed by atoms with van der Waals surface area (Å²) >= 11 is 0. The molecule has 1 heterocycles. The van der Waals surface area contributed by atoms with E-state index in [1.54, 1.807) is 0 Å². The van der Waals surface area contributed by atoms with Gasteiger partial charge >= 0.3 is 5.69 Å². The molecule has 23 heavy (non-hydrogen) atoms. The van der Waals surface area contributed by atoms with Crippen LogP contribution in [0.4, 0.5) is 10.1 Å². The summed E-state index contributed by atoms with van der Waals surface area (Å²) in [5, 5.41) is 11.8. The number of hydrogen-bond acceptors (Lipinski definition) is 4. The lowest BCUT2D eigenvalue weighted by Gasteiger charge is -2.07. The predicted molar refractivity (Wildman–Crippen MR) is 80.4 cm³/mol. The topological polar surface area (TPSA) is 104 Å². The number of rotatable bonds is 2. The van der Waals surface area contributed by atoms with Gasteiger partial charge in [0, 0.05) is 5.69 Å². The highest BCUT2D eigenvalue weighted by Crippen LogP contribution is 2.15. The second-order valence-electron chi connectivity index (χ2n) is 4.74. The van der Waals surface area contributed by atoms with Crippen molar-refractivity contribution >= 4 is 22.5 Å². The lowest BCUT2D eigenvalue weighted by Crippen LogP contribution is -2.33. The fourth-order valence-electron chi connectivity index (χ4n) is 2.13. The number of anilines is 1. The first-order valence-corrected chi connectivity index (χ1v) is 6.51. The summed E-state index contributed by atoms with van der Waals surface area (Å²) in [6.07, 6.45) is 0. The van der Waals surface area contributed by atoms with Gasteiger partial charge in [-0.05, 0) is 30.3 Å². The van der Waals surface area contributed by atoms with Crippen molar-refractivity contribution in [3.8, 4) is 0 Å². The van der Waals surface area contributed by atoms with Crippen LogP contribution < -0.4 is 16.6 Å². The molecule has 3 aromatic rings. The van der Waals surface area contributed by atoms with Gasteiger partial charge in [0.15, 0.2) is 0 Å². The number of fused-ring (bicyclic) bond motifs is 1. The number of amides is 1. The third-order valence-corrected chi connectivity index (χ3v) is 3.25. The Bertz CT molecular complexity index is 1040. The lowest BCUT2D eigenvalue weighted by molar-refractivity contribution is 0.102. The molecule has 1 aromatic heterocycles. The standard InChI is InChI=1S/C15H10FN3O4/c16-11-4-2-1-3-9(11)13(20)17-8-5-6-12-10(7-8)14(21)19(23)15(22)18-12/h1-7,23H,(H,17,20)(H,18,22). The first-order chi connectivity index (χ1) is 11.0. The van der Waals surface area contributed by atoms with Gasteiger partial charge in [0.2, 0.25) is 0 Å². The van der Waals surface area contributed by atoms with E-state index in [0.717, 1.165) is 6.07 Å². The molecule has 0 aliphatic carbocycles. The van der Waals surface area contributed by atoms with Gasteiger partial charge in [-0.3, -0.25) is 9.59 Å². The third kappa shape index (κ3) is 2.57. The second kappa shape index (κ2) is 5.41. The van der Waals surface area contributed by atoms with Gasteiger partial charge in [-0.15, -0.1) is 0 Å². The van der Waals surface area contributed by atoms with Crippen LogP contribution in [0.1, 0.15) is 10.4 Å². The van der Waals surface area contributed by atoms with E-state index in [1.165, 1.54) is 36.4 Å². The molecule has 0 bridgehead atoms. The Kier molecular flexibility index (Phi) is 3.41. The number of nitrogens with zero attached hydrogens (tertiary/aromatic N) is 1. The number of H-pyrrole nitrogens is 1. The molecular formula is C15H10FN3O4. The molecule has 0 spiro atoms. The highest BCUT2D eigenvalue weighted by Gasteiger charge is 2.12. The molecule has 116 valence electrons. The molecule has 0 radical (unpaired) electrons. The van der Waals surface area contributed by atoms with Crippen LogP contribution in [0.2, 0.25) is 0 Å². The van der Waals surface area contributed by atoms with Crippen molar-refractivity contribution in [2.45, 2.75) is 0 Å². The Morgan fingerprint density at radius 1 is 1.17 bits per heavy atom. The van der Waals surface area contributed by atoms with Crippen LogP contribution in [0.15, 0.2) is 52.1 Å². The van der Waals surface area contributed by atoms with E-state index < -0.39 is 23.0 Å². The molecule has 7 nitrogen and oxygen atoms in total. The average molecular weight is 315 g/mol. The number of halogens is 1. The highest BCUT2D eigenvalue weighted by atomic mass is 19.1. The van der Waals surface area contributed by atoms with Crippen LogP contribution >= 0.6 is 0 Å². The number of hydrogen-bond donors (Lipinski definition) is 3. The Morgan fingerprint density at radius 3 is 2.65 bits per heavy atom. The molecule has 0 saturated heterocycles. The van der Waals surface area contributed by atoms with Gasteiger partial charge in [0.1, 0.15) is 5.82 Å². The first kappa shape index (κ1) is 14.5. The van der Waals surface area contributed by atoms with E-state index >= 15 is 0 Å². The fraction of sp³-hybridized carbons (Fsp3) is 0. The molecule has 0 aliphatic heterocycles. The van der Waals surface area contributed by atoms with Crippen molar-refractivity contribution in [2.75, 3.05) is 5.32 Å². The number of aromatic nitrogens is 2. The Hall–Kier alpha value is -3.42.